The molecule has 1 aromatic rings. The first-order valence-electron chi connectivity index (χ1n) is 6.09. The summed E-state index contributed by atoms with van der Waals surface area (Å²) in [6.07, 6.45) is -0.0929. The summed E-state index contributed by atoms with van der Waals surface area (Å²) in [6.45, 7) is 0. The number of fused-ring (bicyclic) bond motifs is 1. The molecule has 0 saturated carbocycles. The molecule has 2 atom stereocenters. The first kappa shape index (κ1) is 14.0. The molecular formula is C13H15N3O4. The number of carboxylic acid groups (broad SMARTS) is 1. The van der Waals surface area contributed by atoms with Gasteiger partial charge in [0.2, 0.25) is 11.8 Å². The van der Waals surface area contributed by atoms with Gasteiger partial charge in [0.15, 0.2) is 0 Å². The van der Waals surface area contributed by atoms with E-state index < -0.39 is 29.9 Å². The molecule has 2 amide bonds. The van der Waals surface area contributed by atoms with E-state index in [-0.39, 0.29) is 12.8 Å². The first-order chi connectivity index (χ1) is 9.41. The van der Waals surface area contributed by atoms with Crippen LogP contribution in [0.5, 0.6) is 0 Å². The summed E-state index contributed by atoms with van der Waals surface area (Å²) in [5, 5.41) is 9.24. The Bertz CT molecular complexity index is 572. The number of carboxylic acids is 1. The van der Waals surface area contributed by atoms with Crippen molar-refractivity contribution in [1.29, 1.82) is 0 Å². The molecule has 0 aliphatic carbocycles. The quantitative estimate of drug-likeness (QED) is 0.666. The SMILES string of the molecule is NC(=O)CC(N)C(=O)N1c2ccccc2CC1C(=O)O. The number of benzene rings is 1. The fourth-order valence-electron chi connectivity index (χ4n) is 2.34. The van der Waals surface area contributed by atoms with Gasteiger partial charge in [-0.05, 0) is 11.6 Å². The van der Waals surface area contributed by atoms with Crippen LogP contribution in [-0.4, -0.2) is 35.0 Å². The van der Waals surface area contributed by atoms with E-state index in [0.29, 0.717) is 5.69 Å². The third kappa shape index (κ3) is 2.48. The average Bonchev–Trinajstić information content (AvgIpc) is 2.76. The van der Waals surface area contributed by atoms with Gasteiger partial charge in [0.25, 0.3) is 0 Å². The van der Waals surface area contributed by atoms with Crippen molar-refractivity contribution in [2.75, 3.05) is 4.90 Å². The number of nitrogens with two attached hydrogens (primary N) is 2. The van der Waals surface area contributed by atoms with Crippen molar-refractivity contribution in [1.82, 2.24) is 0 Å². The van der Waals surface area contributed by atoms with Crippen LogP contribution in [0.15, 0.2) is 24.3 Å². The number of rotatable bonds is 4. The molecule has 0 aromatic heterocycles. The third-order valence-electron chi connectivity index (χ3n) is 3.24. The molecule has 2 unspecified atom stereocenters. The molecule has 0 bridgehead atoms. The highest BCUT2D eigenvalue weighted by molar-refractivity contribution is 6.05. The van der Waals surface area contributed by atoms with Gasteiger partial charge >= 0.3 is 5.97 Å². The molecular weight excluding hydrogens is 262 g/mol. The lowest BCUT2D eigenvalue weighted by Crippen LogP contribution is -2.51. The zero-order chi connectivity index (χ0) is 14.9. The molecule has 2 rings (SSSR count). The van der Waals surface area contributed by atoms with E-state index in [0.717, 1.165) is 10.5 Å². The highest BCUT2D eigenvalue weighted by Crippen LogP contribution is 2.32. The van der Waals surface area contributed by atoms with Crippen molar-refractivity contribution in [2.24, 2.45) is 11.5 Å². The minimum Gasteiger partial charge on any atom is -0.480 e. The lowest BCUT2D eigenvalue weighted by atomic mass is 10.1. The van der Waals surface area contributed by atoms with Crippen molar-refractivity contribution in [3.05, 3.63) is 29.8 Å². The van der Waals surface area contributed by atoms with E-state index in [4.69, 9.17) is 11.5 Å². The molecule has 106 valence electrons. The van der Waals surface area contributed by atoms with Crippen LogP contribution in [0, 0.1) is 0 Å². The van der Waals surface area contributed by atoms with Gasteiger partial charge in [-0.25, -0.2) is 4.79 Å². The van der Waals surface area contributed by atoms with Gasteiger partial charge in [0.05, 0.1) is 12.5 Å². The van der Waals surface area contributed by atoms with Gasteiger partial charge in [-0.15, -0.1) is 0 Å². The predicted molar refractivity (Wildman–Crippen MR) is 70.8 cm³/mol. The Labute approximate surface area is 115 Å². The van der Waals surface area contributed by atoms with Gasteiger partial charge in [-0.2, -0.15) is 0 Å². The maximum Gasteiger partial charge on any atom is 0.327 e. The molecule has 0 spiro atoms. The van der Waals surface area contributed by atoms with Crippen molar-refractivity contribution >= 4 is 23.5 Å². The molecule has 7 nitrogen and oxygen atoms in total. The normalized spacial score (nSPS) is 18.4. The minimum absolute atomic E-state index is 0.223. The number of carbonyl (C=O) groups is 3. The van der Waals surface area contributed by atoms with Crippen LogP contribution in [0.3, 0.4) is 0 Å². The van der Waals surface area contributed by atoms with Crippen molar-refractivity contribution in [3.8, 4) is 0 Å². The Morgan fingerprint density at radius 2 is 2.00 bits per heavy atom. The highest BCUT2D eigenvalue weighted by atomic mass is 16.4. The smallest absolute Gasteiger partial charge is 0.327 e. The molecule has 20 heavy (non-hydrogen) atoms. The van der Waals surface area contributed by atoms with E-state index in [1.807, 2.05) is 0 Å². The van der Waals surface area contributed by atoms with Crippen LogP contribution in [0.1, 0.15) is 12.0 Å². The van der Waals surface area contributed by atoms with Gasteiger partial charge in [0.1, 0.15) is 6.04 Å². The van der Waals surface area contributed by atoms with Gasteiger partial charge in [0, 0.05) is 12.1 Å². The number of hydrogen-bond donors (Lipinski definition) is 3. The molecule has 7 heteroatoms. The maximum atomic E-state index is 12.3. The molecule has 1 aliphatic rings. The Hall–Kier alpha value is -2.41. The molecule has 1 aliphatic heterocycles. The number of carbonyl (C=O) groups excluding carboxylic acids is 2. The summed E-state index contributed by atoms with van der Waals surface area (Å²) in [6, 6.07) is 4.77. The molecule has 0 saturated heterocycles. The lowest BCUT2D eigenvalue weighted by molar-refractivity contribution is -0.140. The Kier molecular flexibility index (Phi) is 3.71. The Morgan fingerprint density at radius 3 is 2.60 bits per heavy atom. The maximum absolute atomic E-state index is 12.3. The number of amides is 2. The molecule has 0 radical (unpaired) electrons. The van der Waals surface area contributed by atoms with E-state index in [2.05, 4.69) is 0 Å². The number of nitrogens with zero attached hydrogens (tertiary/aromatic N) is 1. The topological polar surface area (TPSA) is 127 Å². The van der Waals surface area contributed by atoms with Crippen LogP contribution < -0.4 is 16.4 Å². The van der Waals surface area contributed by atoms with E-state index in [9.17, 15) is 19.5 Å². The van der Waals surface area contributed by atoms with E-state index >= 15 is 0 Å². The molecule has 1 aromatic carbocycles. The second kappa shape index (κ2) is 5.30. The number of anilines is 1. The van der Waals surface area contributed by atoms with Crippen LogP contribution >= 0.6 is 0 Å². The van der Waals surface area contributed by atoms with Gasteiger partial charge in [-0.1, -0.05) is 18.2 Å². The van der Waals surface area contributed by atoms with Crippen molar-refractivity contribution in [3.63, 3.8) is 0 Å². The molecule has 0 fully saturated rings. The van der Waals surface area contributed by atoms with E-state index in [1.165, 1.54) is 0 Å². The number of para-hydroxylation sites is 1. The summed E-state index contributed by atoms with van der Waals surface area (Å²) in [7, 11) is 0. The Balaban J connectivity index is 2.33. The summed E-state index contributed by atoms with van der Waals surface area (Å²) >= 11 is 0. The fourth-order valence-corrected chi connectivity index (χ4v) is 2.34. The number of hydrogen-bond acceptors (Lipinski definition) is 4. The summed E-state index contributed by atoms with van der Waals surface area (Å²) in [5.74, 6) is -2.42. The first-order valence-corrected chi connectivity index (χ1v) is 6.09. The second-order valence-corrected chi connectivity index (χ2v) is 4.67. The second-order valence-electron chi connectivity index (χ2n) is 4.67. The summed E-state index contributed by atoms with van der Waals surface area (Å²) in [5.41, 5.74) is 11.9. The largest absolute Gasteiger partial charge is 0.480 e. The minimum atomic E-state index is -1.14. The fraction of sp³-hybridized carbons (Fsp3) is 0.308. The molecule has 5 N–H and O–H groups in total. The Morgan fingerprint density at radius 1 is 1.35 bits per heavy atom. The van der Waals surface area contributed by atoms with Gasteiger partial charge < -0.3 is 16.6 Å². The summed E-state index contributed by atoms with van der Waals surface area (Å²) in [4.78, 5) is 35.6. The van der Waals surface area contributed by atoms with Crippen LogP contribution in [0.2, 0.25) is 0 Å². The van der Waals surface area contributed by atoms with Gasteiger partial charge in [-0.3, -0.25) is 14.5 Å². The summed E-state index contributed by atoms with van der Waals surface area (Å²) < 4.78 is 0. The zero-order valence-corrected chi connectivity index (χ0v) is 10.7. The van der Waals surface area contributed by atoms with Crippen LogP contribution in [-0.2, 0) is 20.8 Å². The highest BCUT2D eigenvalue weighted by Gasteiger charge is 2.40. The monoisotopic (exact) mass is 277 g/mol. The number of aliphatic carboxylic acids is 1. The third-order valence-corrected chi connectivity index (χ3v) is 3.24. The molecule has 1 heterocycles. The van der Waals surface area contributed by atoms with E-state index in [1.54, 1.807) is 24.3 Å². The zero-order valence-electron chi connectivity index (χ0n) is 10.7. The lowest BCUT2D eigenvalue weighted by Gasteiger charge is -2.25. The standard InChI is InChI=1S/C13H15N3O4/c14-8(6-11(15)17)12(18)16-9-4-2-1-3-7(9)5-10(16)13(19)20/h1-4,8,10H,5-6,14H2,(H2,15,17)(H,19,20). The van der Waals surface area contributed by atoms with Crippen LogP contribution in [0.4, 0.5) is 5.69 Å². The van der Waals surface area contributed by atoms with Crippen molar-refractivity contribution < 1.29 is 19.5 Å². The average molecular weight is 277 g/mol. The predicted octanol–water partition coefficient (Wildman–Crippen LogP) is -0.768. The number of primary amides is 1. The van der Waals surface area contributed by atoms with Crippen molar-refractivity contribution in [2.45, 2.75) is 24.9 Å². The van der Waals surface area contributed by atoms with Crippen LogP contribution in [0.25, 0.3) is 0 Å².